The standard InChI is InChI=1S/C18H28N2O5/c1-4-20(15-11-24-12-16(21)17(15)22)18(23)13-5-7-14(8-6-13)25-10-9-19(2)3/h5-8,15-17,21-22H,4,9-12H2,1-3H3/t15-,16-,17+/m1/s1. The van der Waals surface area contributed by atoms with E-state index in [4.69, 9.17) is 9.47 Å². The Hall–Kier alpha value is -1.67. The molecule has 1 aromatic carbocycles. The number of hydrogen-bond donors (Lipinski definition) is 2. The van der Waals surface area contributed by atoms with Crippen molar-refractivity contribution in [3.8, 4) is 5.75 Å². The molecule has 0 radical (unpaired) electrons. The molecule has 1 aliphatic heterocycles. The Kier molecular flexibility index (Phi) is 7.19. The van der Waals surface area contributed by atoms with E-state index in [2.05, 4.69) is 0 Å². The highest BCUT2D eigenvalue weighted by molar-refractivity contribution is 5.94. The lowest BCUT2D eigenvalue weighted by molar-refractivity contribution is -0.125. The van der Waals surface area contributed by atoms with Crippen LogP contribution in [0.1, 0.15) is 17.3 Å². The van der Waals surface area contributed by atoms with Crippen molar-refractivity contribution in [2.75, 3.05) is 47.0 Å². The Labute approximate surface area is 148 Å². The third kappa shape index (κ3) is 5.15. The van der Waals surface area contributed by atoms with E-state index in [1.165, 1.54) is 4.90 Å². The topological polar surface area (TPSA) is 82.5 Å². The fourth-order valence-electron chi connectivity index (χ4n) is 2.77. The number of rotatable bonds is 7. The normalized spacial score (nSPS) is 23.5. The molecule has 1 amide bonds. The SMILES string of the molecule is CCN(C(=O)c1ccc(OCCN(C)C)cc1)[C@@H]1COC[C@@H](O)[C@H]1O. The molecule has 0 spiro atoms. The fourth-order valence-corrected chi connectivity index (χ4v) is 2.77. The summed E-state index contributed by atoms with van der Waals surface area (Å²) in [6.45, 7) is 3.94. The lowest BCUT2D eigenvalue weighted by Gasteiger charge is -2.39. The Balaban J connectivity index is 2.02. The van der Waals surface area contributed by atoms with Gasteiger partial charge < -0.3 is 29.5 Å². The molecule has 1 aliphatic rings. The van der Waals surface area contributed by atoms with Crippen LogP contribution in [0, 0.1) is 0 Å². The molecule has 1 heterocycles. The van der Waals surface area contributed by atoms with Gasteiger partial charge in [-0.05, 0) is 45.3 Å². The van der Waals surface area contributed by atoms with Crippen molar-refractivity contribution in [1.29, 1.82) is 0 Å². The molecule has 1 saturated heterocycles. The van der Waals surface area contributed by atoms with Crippen LogP contribution >= 0.6 is 0 Å². The molecule has 7 heteroatoms. The van der Waals surface area contributed by atoms with Crippen LogP contribution in [0.15, 0.2) is 24.3 Å². The number of likely N-dealkylation sites (N-methyl/N-ethyl adjacent to an activating group) is 2. The van der Waals surface area contributed by atoms with Crippen molar-refractivity contribution in [2.45, 2.75) is 25.2 Å². The van der Waals surface area contributed by atoms with Gasteiger partial charge in [-0.15, -0.1) is 0 Å². The monoisotopic (exact) mass is 352 g/mol. The summed E-state index contributed by atoms with van der Waals surface area (Å²) in [4.78, 5) is 16.3. The number of benzene rings is 1. The molecule has 0 bridgehead atoms. The van der Waals surface area contributed by atoms with Gasteiger partial charge in [0, 0.05) is 18.7 Å². The van der Waals surface area contributed by atoms with E-state index in [1.54, 1.807) is 24.3 Å². The van der Waals surface area contributed by atoms with Gasteiger partial charge in [0.25, 0.3) is 5.91 Å². The van der Waals surface area contributed by atoms with Gasteiger partial charge in [-0.1, -0.05) is 0 Å². The highest BCUT2D eigenvalue weighted by Crippen LogP contribution is 2.19. The minimum atomic E-state index is -1.01. The van der Waals surface area contributed by atoms with Gasteiger partial charge in [-0.2, -0.15) is 0 Å². The van der Waals surface area contributed by atoms with Crippen molar-refractivity contribution in [1.82, 2.24) is 9.80 Å². The minimum absolute atomic E-state index is 0.0857. The second-order valence-electron chi connectivity index (χ2n) is 6.43. The van der Waals surface area contributed by atoms with Gasteiger partial charge in [0.05, 0.1) is 19.3 Å². The maximum Gasteiger partial charge on any atom is 0.254 e. The number of nitrogens with zero attached hydrogens (tertiary/aromatic N) is 2. The van der Waals surface area contributed by atoms with Crippen LogP contribution in [0.2, 0.25) is 0 Å². The van der Waals surface area contributed by atoms with Gasteiger partial charge in [-0.3, -0.25) is 4.79 Å². The van der Waals surface area contributed by atoms with E-state index in [0.717, 1.165) is 6.54 Å². The van der Waals surface area contributed by atoms with Crippen LogP contribution in [0.3, 0.4) is 0 Å². The van der Waals surface area contributed by atoms with Crippen LogP contribution in [-0.4, -0.2) is 91.2 Å². The summed E-state index contributed by atoms with van der Waals surface area (Å²) in [5, 5.41) is 19.9. The van der Waals surface area contributed by atoms with Gasteiger partial charge in [0.2, 0.25) is 0 Å². The zero-order valence-electron chi connectivity index (χ0n) is 15.1. The first kappa shape index (κ1) is 19.7. The van der Waals surface area contributed by atoms with Crippen molar-refractivity contribution < 1.29 is 24.5 Å². The molecular formula is C18H28N2O5. The van der Waals surface area contributed by atoms with Crippen LogP contribution in [0.4, 0.5) is 0 Å². The average molecular weight is 352 g/mol. The van der Waals surface area contributed by atoms with Gasteiger partial charge >= 0.3 is 0 Å². The molecule has 7 nitrogen and oxygen atoms in total. The molecule has 140 valence electrons. The molecule has 0 saturated carbocycles. The predicted molar refractivity (Wildman–Crippen MR) is 93.8 cm³/mol. The molecule has 0 aromatic heterocycles. The largest absolute Gasteiger partial charge is 0.492 e. The Bertz CT molecular complexity index is 549. The number of carbonyl (C=O) groups is 1. The maximum atomic E-state index is 12.8. The summed E-state index contributed by atoms with van der Waals surface area (Å²) in [5.41, 5.74) is 0.508. The number of aliphatic hydroxyl groups is 2. The second-order valence-corrected chi connectivity index (χ2v) is 6.43. The molecule has 0 unspecified atom stereocenters. The lowest BCUT2D eigenvalue weighted by Crippen LogP contribution is -2.57. The first-order chi connectivity index (χ1) is 11.9. The first-order valence-electron chi connectivity index (χ1n) is 8.56. The fraction of sp³-hybridized carbons (Fsp3) is 0.611. The number of aliphatic hydroxyl groups excluding tert-OH is 2. The van der Waals surface area contributed by atoms with Crippen LogP contribution in [0.25, 0.3) is 0 Å². The molecule has 25 heavy (non-hydrogen) atoms. The summed E-state index contributed by atoms with van der Waals surface area (Å²) in [7, 11) is 3.95. The summed E-state index contributed by atoms with van der Waals surface area (Å²) in [6, 6.07) is 6.39. The molecule has 1 fully saturated rings. The van der Waals surface area contributed by atoms with E-state index in [9.17, 15) is 15.0 Å². The van der Waals surface area contributed by atoms with E-state index >= 15 is 0 Å². The third-order valence-corrected chi connectivity index (χ3v) is 4.28. The molecule has 2 N–H and O–H groups in total. The molecular weight excluding hydrogens is 324 g/mol. The smallest absolute Gasteiger partial charge is 0.254 e. The van der Waals surface area contributed by atoms with Crippen molar-refractivity contribution >= 4 is 5.91 Å². The van der Waals surface area contributed by atoms with E-state index in [-0.39, 0.29) is 19.1 Å². The van der Waals surface area contributed by atoms with Crippen LogP contribution in [-0.2, 0) is 4.74 Å². The number of carbonyl (C=O) groups excluding carboxylic acids is 1. The summed E-state index contributed by atoms with van der Waals surface area (Å²) in [6.07, 6.45) is -1.99. The highest BCUT2D eigenvalue weighted by atomic mass is 16.5. The van der Waals surface area contributed by atoms with Gasteiger partial charge in [-0.25, -0.2) is 0 Å². The third-order valence-electron chi connectivity index (χ3n) is 4.28. The first-order valence-corrected chi connectivity index (χ1v) is 8.56. The predicted octanol–water partition coefficient (Wildman–Crippen LogP) is 0.210. The van der Waals surface area contributed by atoms with E-state index in [0.29, 0.717) is 24.5 Å². The average Bonchev–Trinajstić information content (AvgIpc) is 2.59. The molecule has 2 rings (SSSR count). The zero-order valence-corrected chi connectivity index (χ0v) is 15.1. The van der Waals surface area contributed by atoms with Crippen LogP contribution in [0.5, 0.6) is 5.75 Å². The minimum Gasteiger partial charge on any atom is -0.492 e. The summed E-state index contributed by atoms with van der Waals surface area (Å²) in [5.74, 6) is 0.502. The number of amides is 1. The summed E-state index contributed by atoms with van der Waals surface area (Å²) < 4.78 is 10.9. The van der Waals surface area contributed by atoms with E-state index in [1.807, 2.05) is 25.9 Å². The van der Waals surface area contributed by atoms with Crippen molar-refractivity contribution in [3.05, 3.63) is 29.8 Å². The molecule has 0 aliphatic carbocycles. The zero-order chi connectivity index (χ0) is 18.4. The van der Waals surface area contributed by atoms with Gasteiger partial charge in [0.1, 0.15) is 24.6 Å². The lowest BCUT2D eigenvalue weighted by atomic mass is 10.0. The molecule has 1 aromatic rings. The van der Waals surface area contributed by atoms with Crippen molar-refractivity contribution in [2.24, 2.45) is 0 Å². The second kappa shape index (κ2) is 9.15. The summed E-state index contributed by atoms with van der Waals surface area (Å²) >= 11 is 0. The Morgan fingerprint density at radius 1 is 1.24 bits per heavy atom. The maximum absolute atomic E-state index is 12.8. The molecule has 3 atom stereocenters. The van der Waals surface area contributed by atoms with E-state index < -0.39 is 18.2 Å². The Morgan fingerprint density at radius 3 is 2.52 bits per heavy atom. The van der Waals surface area contributed by atoms with Crippen LogP contribution < -0.4 is 4.74 Å². The highest BCUT2D eigenvalue weighted by Gasteiger charge is 2.37. The Morgan fingerprint density at radius 2 is 1.92 bits per heavy atom. The van der Waals surface area contributed by atoms with Crippen molar-refractivity contribution in [3.63, 3.8) is 0 Å². The number of ether oxygens (including phenoxy) is 2. The number of hydrogen-bond acceptors (Lipinski definition) is 6. The quantitative estimate of drug-likeness (QED) is 0.730. The van der Waals surface area contributed by atoms with Gasteiger partial charge in [0.15, 0.2) is 0 Å².